The van der Waals surface area contributed by atoms with E-state index in [2.05, 4.69) is 28.4 Å². The fourth-order valence-corrected chi connectivity index (χ4v) is 2.35. The first-order valence-electron chi connectivity index (χ1n) is 6.45. The third kappa shape index (κ3) is 3.14. The number of hydrogen-bond acceptors (Lipinski definition) is 3. The molecule has 0 spiro atoms. The fraction of sp³-hybridized carbons (Fsp3) is 0.429. The molecule has 2 aromatic rings. The lowest BCUT2D eigenvalue weighted by molar-refractivity contribution is 0.616. The first-order chi connectivity index (χ1) is 9.13. The lowest BCUT2D eigenvalue weighted by Gasteiger charge is -2.08. The van der Waals surface area contributed by atoms with Crippen molar-refractivity contribution in [1.82, 2.24) is 20.1 Å². The highest BCUT2D eigenvalue weighted by Crippen LogP contribution is 2.19. The van der Waals surface area contributed by atoms with E-state index >= 15 is 0 Å². The van der Waals surface area contributed by atoms with E-state index in [9.17, 15) is 0 Å². The Labute approximate surface area is 118 Å². The summed E-state index contributed by atoms with van der Waals surface area (Å²) in [5, 5.41) is 8.42. The Morgan fingerprint density at radius 3 is 2.79 bits per heavy atom. The molecule has 0 aliphatic carbocycles. The molecule has 0 atom stereocenters. The van der Waals surface area contributed by atoms with Crippen LogP contribution >= 0.6 is 11.6 Å². The average Bonchev–Trinajstić information content (AvgIpc) is 2.65. The Morgan fingerprint density at radius 1 is 1.37 bits per heavy atom. The van der Waals surface area contributed by atoms with Gasteiger partial charge in [0.25, 0.3) is 0 Å². The van der Waals surface area contributed by atoms with E-state index in [4.69, 9.17) is 11.6 Å². The van der Waals surface area contributed by atoms with Crippen molar-refractivity contribution in [3.05, 3.63) is 46.0 Å². The van der Waals surface area contributed by atoms with Crippen LogP contribution in [-0.2, 0) is 26.6 Å². The third-order valence-corrected chi connectivity index (χ3v) is 3.70. The largest absolute Gasteiger partial charge is 0.305 e. The predicted molar refractivity (Wildman–Crippen MR) is 77.1 cm³/mol. The molecule has 0 radical (unpaired) electrons. The molecule has 0 amide bonds. The first kappa shape index (κ1) is 14.0. The molecule has 0 aromatic carbocycles. The summed E-state index contributed by atoms with van der Waals surface area (Å²) in [6, 6.07) is 4.09. The Hall–Kier alpha value is -1.39. The lowest BCUT2D eigenvalue weighted by atomic mass is 10.1. The molecule has 0 bridgehead atoms. The van der Waals surface area contributed by atoms with Gasteiger partial charge in [-0.05, 0) is 25.0 Å². The summed E-state index contributed by atoms with van der Waals surface area (Å²) in [6.45, 7) is 5.49. The minimum atomic E-state index is 0.690. The maximum atomic E-state index is 6.22. The number of nitrogens with one attached hydrogen (secondary N) is 1. The molecule has 2 heterocycles. The third-order valence-electron chi connectivity index (χ3n) is 3.21. The summed E-state index contributed by atoms with van der Waals surface area (Å²) < 4.78 is 1.82. The summed E-state index contributed by atoms with van der Waals surface area (Å²) in [7, 11) is 1.91. The summed E-state index contributed by atoms with van der Waals surface area (Å²) in [4.78, 5) is 4.41. The smallest absolute Gasteiger partial charge is 0.0860 e. The average molecular weight is 279 g/mol. The molecular weight excluding hydrogens is 260 g/mol. The van der Waals surface area contributed by atoms with Crippen molar-refractivity contribution < 1.29 is 0 Å². The van der Waals surface area contributed by atoms with Crippen molar-refractivity contribution in [3.63, 3.8) is 0 Å². The van der Waals surface area contributed by atoms with Crippen LogP contribution in [0, 0.1) is 6.92 Å². The predicted octanol–water partition coefficient (Wildman–Crippen LogP) is 2.63. The van der Waals surface area contributed by atoms with Crippen molar-refractivity contribution in [2.75, 3.05) is 0 Å². The zero-order valence-corrected chi connectivity index (χ0v) is 12.3. The van der Waals surface area contributed by atoms with E-state index in [1.54, 1.807) is 0 Å². The van der Waals surface area contributed by atoms with Crippen LogP contribution < -0.4 is 5.32 Å². The van der Waals surface area contributed by atoms with Gasteiger partial charge in [0.15, 0.2) is 0 Å². The Bertz CT molecular complexity index is 563. The van der Waals surface area contributed by atoms with E-state index in [1.807, 2.05) is 30.9 Å². The molecule has 102 valence electrons. The molecule has 0 aliphatic heterocycles. The van der Waals surface area contributed by atoms with Crippen LogP contribution in [0.3, 0.4) is 0 Å². The molecule has 4 nitrogen and oxygen atoms in total. The molecule has 0 saturated carbocycles. The van der Waals surface area contributed by atoms with Crippen molar-refractivity contribution >= 4 is 11.6 Å². The van der Waals surface area contributed by atoms with Crippen LogP contribution in [0.25, 0.3) is 0 Å². The number of aryl methyl sites for hydroxylation is 3. The monoisotopic (exact) mass is 278 g/mol. The second-order valence-electron chi connectivity index (χ2n) is 4.54. The molecule has 2 rings (SSSR count). The van der Waals surface area contributed by atoms with Gasteiger partial charge in [-0.3, -0.25) is 9.67 Å². The van der Waals surface area contributed by atoms with E-state index < -0.39 is 0 Å². The first-order valence-corrected chi connectivity index (χ1v) is 6.82. The normalized spacial score (nSPS) is 10.9. The fourth-order valence-electron chi connectivity index (χ4n) is 2.12. The van der Waals surface area contributed by atoms with Crippen LogP contribution in [0.5, 0.6) is 0 Å². The highest BCUT2D eigenvalue weighted by molar-refractivity contribution is 6.31. The zero-order chi connectivity index (χ0) is 13.8. The van der Waals surface area contributed by atoms with Crippen molar-refractivity contribution in [1.29, 1.82) is 0 Å². The van der Waals surface area contributed by atoms with Gasteiger partial charge in [-0.1, -0.05) is 24.6 Å². The maximum absolute atomic E-state index is 6.22. The molecule has 5 heteroatoms. The second-order valence-corrected chi connectivity index (χ2v) is 4.91. The van der Waals surface area contributed by atoms with E-state index in [0.717, 1.165) is 35.1 Å². The maximum Gasteiger partial charge on any atom is 0.0860 e. The van der Waals surface area contributed by atoms with Gasteiger partial charge in [-0.25, -0.2) is 0 Å². The summed E-state index contributed by atoms with van der Waals surface area (Å²) >= 11 is 6.22. The minimum Gasteiger partial charge on any atom is -0.305 e. The van der Waals surface area contributed by atoms with Crippen LogP contribution in [0.15, 0.2) is 18.3 Å². The molecule has 0 saturated heterocycles. The topological polar surface area (TPSA) is 42.7 Å². The van der Waals surface area contributed by atoms with Gasteiger partial charge in [-0.15, -0.1) is 0 Å². The quantitative estimate of drug-likeness (QED) is 0.914. The summed E-state index contributed by atoms with van der Waals surface area (Å²) in [6.07, 6.45) is 2.83. The molecule has 0 fully saturated rings. The SMILES string of the molecule is CCc1cccnc1CNCc1c(Cl)c(C)nn1C. The van der Waals surface area contributed by atoms with Crippen LogP contribution in [0.2, 0.25) is 5.02 Å². The van der Waals surface area contributed by atoms with E-state index in [-0.39, 0.29) is 0 Å². The number of pyridine rings is 1. The highest BCUT2D eigenvalue weighted by atomic mass is 35.5. The van der Waals surface area contributed by atoms with Crippen LogP contribution in [0.1, 0.15) is 29.6 Å². The molecule has 0 aliphatic rings. The van der Waals surface area contributed by atoms with Gasteiger partial charge in [0.2, 0.25) is 0 Å². The Kier molecular flexibility index (Phi) is 4.56. The molecule has 19 heavy (non-hydrogen) atoms. The molecular formula is C14H19ClN4. The second kappa shape index (κ2) is 6.17. The van der Waals surface area contributed by atoms with E-state index in [1.165, 1.54) is 5.56 Å². The van der Waals surface area contributed by atoms with Crippen molar-refractivity contribution in [2.24, 2.45) is 7.05 Å². The van der Waals surface area contributed by atoms with Gasteiger partial charge in [0, 0.05) is 26.3 Å². The standard InChI is InChI=1S/C14H19ClN4/c1-4-11-6-5-7-17-12(11)8-16-9-13-14(15)10(2)18-19(13)3/h5-7,16H,4,8-9H2,1-3H3. The number of hydrogen-bond donors (Lipinski definition) is 1. The Morgan fingerprint density at radius 2 is 2.16 bits per heavy atom. The highest BCUT2D eigenvalue weighted by Gasteiger charge is 2.10. The number of nitrogens with zero attached hydrogens (tertiary/aromatic N) is 3. The van der Waals surface area contributed by atoms with Crippen LogP contribution in [0.4, 0.5) is 0 Å². The van der Waals surface area contributed by atoms with Gasteiger partial charge in [-0.2, -0.15) is 5.10 Å². The number of halogens is 1. The molecule has 1 N–H and O–H groups in total. The molecule has 0 unspecified atom stereocenters. The van der Waals surface area contributed by atoms with Crippen molar-refractivity contribution in [2.45, 2.75) is 33.4 Å². The van der Waals surface area contributed by atoms with E-state index in [0.29, 0.717) is 6.54 Å². The van der Waals surface area contributed by atoms with Gasteiger partial charge < -0.3 is 5.32 Å². The zero-order valence-electron chi connectivity index (χ0n) is 11.6. The van der Waals surface area contributed by atoms with Gasteiger partial charge in [0.05, 0.1) is 22.1 Å². The van der Waals surface area contributed by atoms with Gasteiger partial charge >= 0.3 is 0 Å². The lowest BCUT2D eigenvalue weighted by Crippen LogP contribution is -2.17. The van der Waals surface area contributed by atoms with Crippen molar-refractivity contribution in [3.8, 4) is 0 Å². The van der Waals surface area contributed by atoms with Gasteiger partial charge in [0.1, 0.15) is 0 Å². The number of aromatic nitrogens is 3. The van der Waals surface area contributed by atoms with Crippen LogP contribution in [-0.4, -0.2) is 14.8 Å². The summed E-state index contributed by atoms with van der Waals surface area (Å²) in [5.74, 6) is 0. The summed E-state index contributed by atoms with van der Waals surface area (Å²) in [5.41, 5.74) is 4.25. The Balaban J connectivity index is 2.00. The molecule has 2 aromatic heterocycles. The minimum absolute atomic E-state index is 0.690. The number of rotatable bonds is 5.